The van der Waals surface area contributed by atoms with E-state index in [-0.39, 0.29) is 0 Å². The number of furan rings is 1. The van der Waals surface area contributed by atoms with Crippen LogP contribution in [0.4, 0.5) is 17.1 Å². The number of nitrogens with zero attached hydrogens (tertiary/aromatic N) is 1. The molecule has 324 valence electrons. The van der Waals surface area contributed by atoms with E-state index in [0.717, 1.165) is 61.3 Å². The second kappa shape index (κ2) is 16.7. The van der Waals surface area contributed by atoms with Gasteiger partial charge in [-0.1, -0.05) is 231 Å². The van der Waals surface area contributed by atoms with Gasteiger partial charge in [-0.25, -0.2) is 0 Å². The van der Waals surface area contributed by atoms with Crippen molar-refractivity contribution in [1.29, 1.82) is 0 Å². The molecule has 0 fully saturated rings. The zero-order valence-corrected chi connectivity index (χ0v) is 37.8. The van der Waals surface area contributed by atoms with Gasteiger partial charge < -0.3 is 9.32 Å². The van der Waals surface area contributed by atoms with Crippen LogP contribution in [-0.4, -0.2) is 0 Å². The zero-order valence-electron chi connectivity index (χ0n) is 37.8. The maximum absolute atomic E-state index is 7.24. The van der Waals surface area contributed by atoms with Crippen LogP contribution in [0.5, 0.6) is 0 Å². The standard InChI is InChI=1S/C67H45NO/c1-6-18-46(19-7-1)49-30-32-50(33-31-49)52-36-41-57(42-37-52)68(56-39-34-51(35-40-56)47-20-8-2-9-21-47)66-64-58-28-16-17-29-60(58)67(54-24-12-4-13-25-54,55-26-14-5-15-27-55)61(64)45-63-65(66)59-43-38-53(44-62(59)69-63)48-22-10-3-11-23-48/h1-45H. The Morgan fingerprint density at radius 1 is 0.304 bits per heavy atom. The van der Waals surface area contributed by atoms with Crippen LogP contribution in [0.2, 0.25) is 0 Å². The minimum absolute atomic E-state index is 0.649. The summed E-state index contributed by atoms with van der Waals surface area (Å²) in [5, 5.41) is 2.14. The summed E-state index contributed by atoms with van der Waals surface area (Å²) in [5.74, 6) is 0. The molecular formula is C67H45NO. The molecule has 0 spiro atoms. The molecule has 0 atom stereocenters. The Hall–Kier alpha value is -8.98. The van der Waals surface area contributed by atoms with Gasteiger partial charge in [-0.05, 0) is 115 Å². The van der Waals surface area contributed by atoms with Gasteiger partial charge in [-0.15, -0.1) is 0 Å². The number of hydrogen-bond donors (Lipinski definition) is 0. The second-order valence-corrected chi connectivity index (χ2v) is 18.0. The molecule has 2 nitrogen and oxygen atoms in total. The van der Waals surface area contributed by atoms with E-state index in [4.69, 9.17) is 4.42 Å². The summed E-state index contributed by atoms with van der Waals surface area (Å²) < 4.78 is 7.24. The monoisotopic (exact) mass is 879 g/mol. The molecule has 0 bridgehead atoms. The van der Waals surface area contributed by atoms with Crippen molar-refractivity contribution in [2.75, 3.05) is 4.90 Å². The highest BCUT2D eigenvalue weighted by Gasteiger charge is 2.48. The molecule has 0 aliphatic heterocycles. The molecule has 2 heteroatoms. The highest BCUT2D eigenvalue weighted by Crippen LogP contribution is 2.62. The van der Waals surface area contributed by atoms with E-state index in [1.165, 1.54) is 55.6 Å². The molecule has 12 aromatic rings. The summed E-state index contributed by atoms with van der Waals surface area (Å²) >= 11 is 0. The van der Waals surface area contributed by atoms with Crippen molar-refractivity contribution in [3.63, 3.8) is 0 Å². The van der Waals surface area contributed by atoms with Gasteiger partial charge in [-0.3, -0.25) is 0 Å². The highest BCUT2D eigenvalue weighted by molar-refractivity contribution is 6.19. The van der Waals surface area contributed by atoms with E-state index in [1.807, 2.05) is 0 Å². The Labute approximate surface area is 402 Å². The molecule has 0 unspecified atom stereocenters. The Morgan fingerprint density at radius 2 is 0.696 bits per heavy atom. The molecule has 11 aromatic carbocycles. The molecule has 0 radical (unpaired) electrons. The van der Waals surface area contributed by atoms with E-state index < -0.39 is 5.41 Å². The first-order valence-electron chi connectivity index (χ1n) is 23.7. The summed E-state index contributed by atoms with van der Waals surface area (Å²) in [7, 11) is 0. The number of benzene rings is 11. The van der Waals surface area contributed by atoms with E-state index in [9.17, 15) is 0 Å². The first-order chi connectivity index (χ1) is 34.2. The second-order valence-electron chi connectivity index (χ2n) is 18.0. The lowest BCUT2D eigenvalue weighted by atomic mass is 9.67. The van der Waals surface area contributed by atoms with Gasteiger partial charge in [0.05, 0.1) is 16.5 Å². The van der Waals surface area contributed by atoms with Crippen LogP contribution in [-0.2, 0) is 5.41 Å². The summed E-state index contributed by atoms with van der Waals surface area (Å²) in [5.41, 5.74) is 20.8. The average Bonchev–Trinajstić information content (AvgIpc) is 3.95. The van der Waals surface area contributed by atoms with E-state index >= 15 is 0 Å². The van der Waals surface area contributed by atoms with E-state index in [1.54, 1.807) is 0 Å². The number of fused-ring (bicyclic) bond motifs is 6. The molecular weight excluding hydrogens is 835 g/mol. The molecule has 69 heavy (non-hydrogen) atoms. The van der Waals surface area contributed by atoms with Crippen LogP contribution in [0.15, 0.2) is 277 Å². The van der Waals surface area contributed by atoms with Gasteiger partial charge in [0.2, 0.25) is 0 Å². The number of rotatable bonds is 9. The van der Waals surface area contributed by atoms with Gasteiger partial charge in [-0.2, -0.15) is 0 Å². The van der Waals surface area contributed by atoms with Crippen LogP contribution in [0, 0.1) is 0 Å². The molecule has 1 aliphatic rings. The van der Waals surface area contributed by atoms with Crippen molar-refractivity contribution in [3.05, 3.63) is 295 Å². The van der Waals surface area contributed by atoms with Crippen LogP contribution in [0.3, 0.4) is 0 Å². The minimum atomic E-state index is -0.649. The molecule has 0 amide bonds. The lowest BCUT2D eigenvalue weighted by Crippen LogP contribution is -2.28. The normalized spacial score (nSPS) is 12.5. The third-order valence-corrected chi connectivity index (χ3v) is 14.2. The summed E-state index contributed by atoms with van der Waals surface area (Å²) in [4.78, 5) is 2.49. The summed E-state index contributed by atoms with van der Waals surface area (Å²) in [6.45, 7) is 0. The zero-order chi connectivity index (χ0) is 45.7. The van der Waals surface area contributed by atoms with Gasteiger partial charge in [0.15, 0.2) is 0 Å². The summed E-state index contributed by atoms with van der Waals surface area (Å²) in [6.07, 6.45) is 0. The third kappa shape index (κ3) is 6.72. The maximum atomic E-state index is 7.24. The molecule has 0 N–H and O–H groups in total. The Bertz CT molecular complexity index is 3730. The van der Waals surface area contributed by atoms with Crippen molar-refractivity contribution < 1.29 is 4.42 Å². The lowest BCUT2D eigenvalue weighted by molar-refractivity contribution is 0.666. The SMILES string of the molecule is c1ccc(-c2ccc(-c3ccc(N(c4ccc(-c5ccccc5)cc4)c4c5c(cc6oc7cc(-c8ccccc8)ccc7c46)C(c4ccccc4)(c4ccccc4)c4ccccc4-5)cc3)cc2)cc1. The van der Waals surface area contributed by atoms with Crippen LogP contribution in [0.25, 0.3) is 77.6 Å². The Balaban J connectivity index is 1.10. The van der Waals surface area contributed by atoms with Crippen molar-refractivity contribution in [2.24, 2.45) is 0 Å². The maximum Gasteiger partial charge on any atom is 0.137 e. The quantitative estimate of drug-likeness (QED) is 0.144. The minimum Gasteiger partial charge on any atom is -0.456 e. The van der Waals surface area contributed by atoms with Crippen molar-refractivity contribution in [3.8, 4) is 55.6 Å². The van der Waals surface area contributed by atoms with Crippen molar-refractivity contribution >= 4 is 39.0 Å². The van der Waals surface area contributed by atoms with Crippen LogP contribution >= 0.6 is 0 Å². The molecule has 1 heterocycles. The fourth-order valence-corrected chi connectivity index (χ4v) is 11.0. The highest BCUT2D eigenvalue weighted by atomic mass is 16.3. The molecule has 0 saturated heterocycles. The summed E-state index contributed by atoms with van der Waals surface area (Å²) in [6, 6.07) is 99.1. The lowest BCUT2D eigenvalue weighted by Gasteiger charge is -2.34. The van der Waals surface area contributed by atoms with Gasteiger partial charge in [0.1, 0.15) is 11.2 Å². The molecule has 1 aromatic heterocycles. The molecule has 13 rings (SSSR count). The molecule has 0 saturated carbocycles. The first kappa shape index (κ1) is 40.3. The number of anilines is 3. The smallest absolute Gasteiger partial charge is 0.137 e. The number of hydrogen-bond acceptors (Lipinski definition) is 2. The topological polar surface area (TPSA) is 16.4 Å². The predicted octanol–water partition coefficient (Wildman–Crippen LogP) is 18.1. The fraction of sp³-hybridized carbons (Fsp3) is 0.0149. The average molecular weight is 880 g/mol. The first-order valence-corrected chi connectivity index (χ1v) is 23.7. The van der Waals surface area contributed by atoms with Crippen molar-refractivity contribution in [2.45, 2.75) is 5.41 Å². The van der Waals surface area contributed by atoms with E-state index in [2.05, 4.69) is 278 Å². The predicted molar refractivity (Wildman–Crippen MR) is 287 cm³/mol. The fourth-order valence-electron chi connectivity index (χ4n) is 11.0. The van der Waals surface area contributed by atoms with E-state index in [0.29, 0.717) is 0 Å². The largest absolute Gasteiger partial charge is 0.456 e. The van der Waals surface area contributed by atoms with Gasteiger partial charge >= 0.3 is 0 Å². The van der Waals surface area contributed by atoms with Crippen molar-refractivity contribution in [1.82, 2.24) is 0 Å². The van der Waals surface area contributed by atoms with Gasteiger partial charge in [0, 0.05) is 22.3 Å². The van der Waals surface area contributed by atoms with Gasteiger partial charge in [0.25, 0.3) is 0 Å². The van der Waals surface area contributed by atoms with Crippen LogP contribution < -0.4 is 4.90 Å². The van der Waals surface area contributed by atoms with Crippen LogP contribution in [0.1, 0.15) is 22.3 Å². The Morgan fingerprint density at radius 3 is 1.19 bits per heavy atom. The third-order valence-electron chi connectivity index (χ3n) is 14.2. The Kier molecular flexibility index (Phi) is 9.77. The molecule has 1 aliphatic carbocycles.